The van der Waals surface area contributed by atoms with Gasteiger partial charge in [-0.15, -0.1) is 0 Å². The minimum absolute atomic E-state index is 0.114. The Morgan fingerprint density at radius 1 is 1.47 bits per heavy atom. The Morgan fingerprint density at radius 2 is 2.07 bits per heavy atom. The normalized spacial score (nSPS) is 11.4. The highest BCUT2D eigenvalue weighted by atomic mass is 16.6. The number of rotatable bonds is 4. The Bertz CT molecular complexity index is 346. The summed E-state index contributed by atoms with van der Waals surface area (Å²) in [5.74, 6) is 0. The number of nitro groups is 1. The molecular weight excluding hydrogens is 200 g/mol. The lowest BCUT2D eigenvalue weighted by molar-refractivity contribution is -0.385. The number of aliphatic hydroxyl groups is 2. The van der Waals surface area contributed by atoms with Crippen LogP contribution in [0.1, 0.15) is 12.6 Å². The Labute approximate surface area is 86.4 Å². The lowest BCUT2D eigenvalue weighted by Gasteiger charge is -2.23. The molecule has 0 aliphatic rings. The first-order chi connectivity index (χ1) is 7.03. The maximum absolute atomic E-state index is 10.4. The Morgan fingerprint density at radius 3 is 2.40 bits per heavy atom. The second kappa shape index (κ2) is 4.33. The van der Waals surface area contributed by atoms with Crippen LogP contribution in [-0.4, -0.2) is 33.3 Å². The summed E-state index contributed by atoms with van der Waals surface area (Å²) in [6, 6.07) is 2.73. The van der Waals surface area contributed by atoms with Gasteiger partial charge < -0.3 is 10.2 Å². The van der Waals surface area contributed by atoms with E-state index < -0.39 is 10.3 Å². The summed E-state index contributed by atoms with van der Waals surface area (Å²) in [6.45, 7) is 1.09. The first-order valence-electron chi connectivity index (χ1n) is 4.36. The summed E-state index contributed by atoms with van der Waals surface area (Å²) in [4.78, 5) is 13.7. The summed E-state index contributed by atoms with van der Waals surface area (Å²) in [5.41, 5.74) is -0.551. The van der Waals surface area contributed by atoms with Crippen LogP contribution in [0.25, 0.3) is 0 Å². The molecule has 6 nitrogen and oxygen atoms in total. The Balaban J connectivity index is 3.02. The average molecular weight is 212 g/mol. The van der Waals surface area contributed by atoms with Gasteiger partial charge in [0.15, 0.2) is 0 Å². The maximum atomic E-state index is 10.4. The molecule has 0 aliphatic heterocycles. The van der Waals surface area contributed by atoms with Gasteiger partial charge in [0.2, 0.25) is 0 Å². The number of hydrogen-bond donors (Lipinski definition) is 2. The molecule has 0 radical (unpaired) electrons. The molecule has 0 bridgehead atoms. The molecule has 82 valence electrons. The lowest BCUT2D eigenvalue weighted by Crippen LogP contribution is -2.32. The molecule has 0 saturated heterocycles. The van der Waals surface area contributed by atoms with Gasteiger partial charge in [0.05, 0.1) is 29.2 Å². The van der Waals surface area contributed by atoms with Crippen LogP contribution in [0.3, 0.4) is 0 Å². The van der Waals surface area contributed by atoms with E-state index in [9.17, 15) is 10.1 Å². The topological polar surface area (TPSA) is 96.5 Å². The van der Waals surface area contributed by atoms with Crippen molar-refractivity contribution in [3.05, 3.63) is 34.1 Å². The zero-order chi connectivity index (χ0) is 11.5. The van der Waals surface area contributed by atoms with Gasteiger partial charge in [-0.3, -0.25) is 15.1 Å². The molecule has 0 aromatic carbocycles. The van der Waals surface area contributed by atoms with E-state index in [1.807, 2.05) is 0 Å². The third kappa shape index (κ3) is 2.28. The third-order valence-electron chi connectivity index (χ3n) is 2.28. The Hall–Kier alpha value is -1.53. The summed E-state index contributed by atoms with van der Waals surface area (Å²) in [7, 11) is 0. The van der Waals surface area contributed by atoms with Gasteiger partial charge in [-0.05, 0) is 13.0 Å². The van der Waals surface area contributed by atoms with E-state index in [1.165, 1.54) is 12.1 Å². The fourth-order valence-electron chi connectivity index (χ4n) is 1.06. The molecule has 0 saturated carbocycles. The van der Waals surface area contributed by atoms with Crippen molar-refractivity contribution in [2.75, 3.05) is 13.2 Å². The van der Waals surface area contributed by atoms with Gasteiger partial charge in [-0.25, -0.2) is 0 Å². The van der Waals surface area contributed by atoms with Crippen molar-refractivity contribution in [2.24, 2.45) is 0 Å². The van der Waals surface area contributed by atoms with Crippen LogP contribution in [-0.2, 0) is 5.41 Å². The molecule has 1 aromatic rings. The molecule has 6 heteroatoms. The fourth-order valence-corrected chi connectivity index (χ4v) is 1.06. The van der Waals surface area contributed by atoms with Crippen molar-refractivity contribution in [2.45, 2.75) is 12.3 Å². The molecular formula is C9H12N2O4. The highest BCUT2D eigenvalue weighted by Gasteiger charge is 2.27. The molecule has 1 heterocycles. The van der Waals surface area contributed by atoms with E-state index in [1.54, 1.807) is 6.92 Å². The fraction of sp³-hybridized carbons (Fsp3) is 0.444. The predicted molar refractivity (Wildman–Crippen MR) is 52.4 cm³/mol. The Kier molecular flexibility index (Phi) is 3.33. The number of pyridine rings is 1. The SMILES string of the molecule is CC(CO)(CO)c1ccc([N+](=O)[O-])cn1. The highest BCUT2D eigenvalue weighted by Crippen LogP contribution is 2.22. The number of hydrogen-bond acceptors (Lipinski definition) is 5. The van der Waals surface area contributed by atoms with Gasteiger partial charge >= 0.3 is 0 Å². The minimum atomic E-state index is -0.866. The molecule has 0 amide bonds. The van der Waals surface area contributed by atoms with Crippen molar-refractivity contribution >= 4 is 5.69 Å². The first kappa shape index (κ1) is 11.5. The van der Waals surface area contributed by atoms with Gasteiger partial charge in [-0.1, -0.05) is 0 Å². The third-order valence-corrected chi connectivity index (χ3v) is 2.28. The quantitative estimate of drug-likeness (QED) is 0.550. The zero-order valence-electron chi connectivity index (χ0n) is 8.25. The number of nitrogens with zero attached hydrogens (tertiary/aromatic N) is 2. The van der Waals surface area contributed by atoms with Crippen LogP contribution < -0.4 is 0 Å². The van der Waals surface area contributed by atoms with Crippen LogP contribution in [0.15, 0.2) is 18.3 Å². The second-order valence-corrected chi connectivity index (χ2v) is 3.54. The monoisotopic (exact) mass is 212 g/mol. The summed E-state index contributed by atoms with van der Waals surface area (Å²) < 4.78 is 0. The standard InChI is InChI=1S/C9H12N2O4/c1-9(5-12,6-13)8-3-2-7(4-10-8)11(14)15/h2-4,12-13H,5-6H2,1H3. The number of aliphatic hydroxyl groups excluding tert-OH is 2. The molecule has 2 N–H and O–H groups in total. The van der Waals surface area contributed by atoms with E-state index in [0.717, 1.165) is 6.20 Å². The molecule has 15 heavy (non-hydrogen) atoms. The smallest absolute Gasteiger partial charge is 0.287 e. The van der Waals surface area contributed by atoms with Crippen molar-refractivity contribution in [3.63, 3.8) is 0 Å². The van der Waals surface area contributed by atoms with E-state index in [4.69, 9.17) is 10.2 Å². The van der Waals surface area contributed by atoms with Crippen molar-refractivity contribution in [3.8, 4) is 0 Å². The van der Waals surface area contributed by atoms with Crippen molar-refractivity contribution in [1.29, 1.82) is 0 Å². The minimum Gasteiger partial charge on any atom is -0.395 e. The van der Waals surface area contributed by atoms with Crippen LogP contribution in [0.2, 0.25) is 0 Å². The van der Waals surface area contributed by atoms with Crippen molar-refractivity contribution < 1.29 is 15.1 Å². The zero-order valence-corrected chi connectivity index (χ0v) is 8.25. The molecule has 0 fully saturated rings. The van der Waals surface area contributed by atoms with Gasteiger partial charge in [-0.2, -0.15) is 0 Å². The first-order valence-corrected chi connectivity index (χ1v) is 4.36. The predicted octanol–water partition coefficient (Wildman–Crippen LogP) is 0.232. The molecule has 0 unspecified atom stereocenters. The van der Waals surface area contributed by atoms with Gasteiger partial charge in [0.1, 0.15) is 6.20 Å². The summed E-state index contributed by atoms with van der Waals surface area (Å²) in [6.07, 6.45) is 1.11. The van der Waals surface area contributed by atoms with Crippen LogP contribution in [0.4, 0.5) is 5.69 Å². The maximum Gasteiger partial charge on any atom is 0.287 e. The summed E-state index contributed by atoms with van der Waals surface area (Å²) >= 11 is 0. The van der Waals surface area contributed by atoms with E-state index in [0.29, 0.717) is 5.69 Å². The van der Waals surface area contributed by atoms with Crippen LogP contribution in [0.5, 0.6) is 0 Å². The van der Waals surface area contributed by atoms with Crippen molar-refractivity contribution in [1.82, 2.24) is 4.98 Å². The van der Waals surface area contributed by atoms with E-state index in [2.05, 4.69) is 4.98 Å². The van der Waals surface area contributed by atoms with Crippen LogP contribution >= 0.6 is 0 Å². The van der Waals surface area contributed by atoms with Gasteiger partial charge in [0, 0.05) is 6.07 Å². The summed E-state index contributed by atoms with van der Waals surface area (Å²) in [5, 5.41) is 28.5. The molecule has 0 aliphatic carbocycles. The second-order valence-electron chi connectivity index (χ2n) is 3.54. The van der Waals surface area contributed by atoms with E-state index >= 15 is 0 Å². The lowest BCUT2D eigenvalue weighted by atomic mass is 9.88. The van der Waals surface area contributed by atoms with Gasteiger partial charge in [0.25, 0.3) is 5.69 Å². The molecule has 1 rings (SSSR count). The van der Waals surface area contributed by atoms with Crippen LogP contribution in [0, 0.1) is 10.1 Å². The van der Waals surface area contributed by atoms with E-state index in [-0.39, 0.29) is 18.9 Å². The molecule has 0 atom stereocenters. The largest absolute Gasteiger partial charge is 0.395 e. The molecule has 1 aromatic heterocycles. The molecule has 0 spiro atoms. The number of aromatic nitrogens is 1. The highest BCUT2D eigenvalue weighted by molar-refractivity contribution is 5.29. The average Bonchev–Trinajstić information content (AvgIpc) is 2.28.